The summed E-state index contributed by atoms with van der Waals surface area (Å²) in [5.41, 5.74) is 7.65. The van der Waals surface area contributed by atoms with Gasteiger partial charge in [-0.05, 0) is 25.0 Å². The number of ether oxygens (including phenoxy) is 1. The van der Waals surface area contributed by atoms with Gasteiger partial charge >= 0.3 is 6.09 Å². The van der Waals surface area contributed by atoms with Crippen molar-refractivity contribution in [2.24, 2.45) is 0 Å². The molecule has 4 N–H and O–H groups in total. The quantitative estimate of drug-likeness (QED) is 0.339. The SMILES string of the molecule is C[Si](C)(C)CCOCn1nc(-c2cccc(Cl)c2Cl)c(N)c1C(=O)NC1CCN(C(=O)O)CC1. The molecule has 9 nitrogen and oxygen atoms in total. The number of carbonyl (C=O) groups excluding carboxylic acids is 1. The number of benzene rings is 1. The molecule has 1 aliphatic heterocycles. The molecule has 2 aromatic rings. The molecule has 0 aliphatic carbocycles. The van der Waals surface area contributed by atoms with E-state index in [2.05, 4.69) is 30.1 Å². The molecule has 1 aliphatic rings. The largest absolute Gasteiger partial charge is 0.465 e. The fraction of sp³-hybridized carbons (Fsp3) is 0.500. The zero-order chi connectivity index (χ0) is 25.0. The van der Waals surface area contributed by atoms with Crippen LogP contribution in [0.25, 0.3) is 11.3 Å². The van der Waals surface area contributed by atoms with Crippen LogP contribution in [0.15, 0.2) is 18.2 Å². The lowest BCUT2D eigenvalue weighted by Gasteiger charge is -2.30. The number of nitrogens with zero attached hydrogens (tertiary/aromatic N) is 3. The van der Waals surface area contributed by atoms with Gasteiger partial charge in [0.05, 0.1) is 15.7 Å². The molecule has 3 rings (SSSR count). The first-order valence-corrected chi connectivity index (χ1v) is 15.6. The van der Waals surface area contributed by atoms with E-state index < -0.39 is 20.1 Å². The second-order valence-electron chi connectivity index (χ2n) is 9.58. The minimum atomic E-state index is -1.28. The van der Waals surface area contributed by atoms with Gasteiger partial charge < -0.3 is 25.8 Å². The highest BCUT2D eigenvalue weighted by Crippen LogP contribution is 2.37. The number of piperidine rings is 1. The third-order valence-corrected chi connectivity index (χ3v) is 8.24. The standard InChI is InChI=1S/C22H31Cl2N5O4Si/c1-34(2,3)12-11-33-13-29-20(21(30)26-14-7-9-28(10-8-14)22(31)32)18(25)19(27-29)15-5-4-6-16(23)17(15)24/h4-6,14H,7-13,25H2,1-3H3,(H,26,30)(H,31,32). The van der Waals surface area contributed by atoms with Crippen molar-refractivity contribution in [1.29, 1.82) is 0 Å². The summed E-state index contributed by atoms with van der Waals surface area (Å²) < 4.78 is 7.30. The van der Waals surface area contributed by atoms with Gasteiger partial charge in [0.1, 0.15) is 12.4 Å². The predicted molar refractivity (Wildman–Crippen MR) is 136 cm³/mol. The summed E-state index contributed by atoms with van der Waals surface area (Å²) in [4.78, 5) is 25.8. The fourth-order valence-corrected chi connectivity index (χ4v) is 4.84. The molecule has 1 aromatic carbocycles. The van der Waals surface area contributed by atoms with Gasteiger partial charge in [-0.2, -0.15) is 5.10 Å². The van der Waals surface area contributed by atoms with Gasteiger partial charge in [0.25, 0.3) is 5.91 Å². The van der Waals surface area contributed by atoms with Gasteiger partial charge in [-0.25, -0.2) is 9.48 Å². The molecule has 0 radical (unpaired) electrons. The Morgan fingerprint density at radius 3 is 2.56 bits per heavy atom. The van der Waals surface area contributed by atoms with E-state index >= 15 is 0 Å². The Morgan fingerprint density at radius 2 is 1.94 bits per heavy atom. The van der Waals surface area contributed by atoms with Crippen LogP contribution in [0.2, 0.25) is 35.7 Å². The van der Waals surface area contributed by atoms with Crippen LogP contribution in [-0.4, -0.2) is 65.6 Å². The van der Waals surface area contributed by atoms with E-state index in [9.17, 15) is 9.59 Å². The van der Waals surface area contributed by atoms with Crippen molar-refractivity contribution in [2.75, 3.05) is 25.4 Å². The maximum Gasteiger partial charge on any atom is 0.407 e. The van der Waals surface area contributed by atoms with Crippen LogP contribution >= 0.6 is 23.2 Å². The van der Waals surface area contributed by atoms with Crippen molar-refractivity contribution >= 4 is 49.0 Å². The van der Waals surface area contributed by atoms with Crippen molar-refractivity contribution in [2.45, 2.75) is 51.3 Å². The molecule has 0 spiro atoms. The maximum absolute atomic E-state index is 13.3. The first-order chi connectivity index (χ1) is 16.0. The first-order valence-electron chi connectivity index (χ1n) is 11.1. The van der Waals surface area contributed by atoms with E-state index in [0.717, 1.165) is 6.04 Å². The maximum atomic E-state index is 13.3. The van der Waals surface area contributed by atoms with Crippen LogP contribution in [-0.2, 0) is 11.5 Å². The molecule has 0 atom stereocenters. The van der Waals surface area contributed by atoms with Crippen LogP contribution in [0.5, 0.6) is 0 Å². The smallest absolute Gasteiger partial charge is 0.407 e. The Kier molecular flexibility index (Phi) is 8.50. The summed E-state index contributed by atoms with van der Waals surface area (Å²) in [6.07, 6.45) is 0.0861. The number of hydrogen-bond donors (Lipinski definition) is 3. The molecule has 2 amide bonds. The van der Waals surface area contributed by atoms with E-state index in [0.29, 0.717) is 53.8 Å². The van der Waals surface area contributed by atoms with Gasteiger partial charge in [0.2, 0.25) is 0 Å². The average Bonchev–Trinajstić information content (AvgIpc) is 3.09. The summed E-state index contributed by atoms with van der Waals surface area (Å²) in [6, 6.07) is 5.95. The lowest BCUT2D eigenvalue weighted by molar-refractivity contribution is 0.0711. The van der Waals surface area contributed by atoms with E-state index in [-0.39, 0.29) is 24.2 Å². The summed E-state index contributed by atoms with van der Waals surface area (Å²) in [6.45, 7) is 8.11. The molecule has 0 unspecified atom stereocenters. The van der Waals surface area contributed by atoms with E-state index in [1.165, 1.54) is 9.58 Å². The fourth-order valence-electron chi connectivity index (χ4n) is 3.69. The lowest BCUT2D eigenvalue weighted by atomic mass is 10.0. The number of rotatable bonds is 8. The summed E-state index contributed by atoms with van der Waals surface area (Å²) in [7, 11) is -1.28. The number of hydrogen-bond acceptors (Lipinski definition) is 5. The third-order valence-electron chi connectivity index (χ3n) is 5.72. The van der Waals surface area contributed by atoms with Crippen LogP contribution < -0.4 is 11.1 Å². The number of amides is 2. The molecule has 34 heavy (non-hydrogen) atoms. The molecule has 1 saturated heterocycles. The second kappa shape index (κ2) is 11.0. The monoisotopic (exact) mass is 527 g/mol. The van der Waals surface area contributed by atoms with E-state index in [4.69, 9.17) is 38.8 Å². The van der Waals surface area contributed by atoms with Gasteiger partial charge in [0.15, 0.2) is 5.69 Å². The zero-order valence-electron chi connectivity index (χ0n) is 19.6. The number of likely N-dealkylation sites (tertiary alicyclic amines) is 1. The van der Waals surface area contributed by atoms with Crippen molar-refractivity contribution in [3.8, 4) is 11.3 Å². The molecule has 186 valence electrons. The zero-order valence-corrected chi connectivity index (χ0v) is 22.1. The summed E-state index contributed by atoms with van der Waals surface area (Å²) >= 11 is 12.6. The highest BCUT2D eigenvalue weighted by Gasteiger charge is 2.28. The van der Waals surface area contributed by atoms with Gasteiger partial charge in [-0.15, -0.1) is 0 Å². The molecular formula is C22H31Cl2N5O4Si. The van der Waals surface area contributed by atoms with E-state index in [1.54, 1.807) is 18.2 Å². The van der Waals surface area contributed by atoms with Crippen molar-refractivity contribution in [3.63, 3.8) is 0 Å². The van der Waals surface area contributed by atoms with Crippen LogP contribution in [0.1, 0.15) is 23.3 Å². The van der Waals surface area contributed by atoms with Gasteiger partial charge in [-0.3, -0.25) is 4.79 Å². The van der Waals surface area contributed by atoms with E-state index in [1.807, 2.05) is 0 Å². The molecular weight excluding hydrogens is 497 g/mol. The minimum absolute atomic E-state index is 0.0626. The molecule has 0 bridgehead atoms. The highest BCUT2D eigenvalue weighted by molar-refractivity contribution is 6.76. The van der Waals surface area contributed by atoms with Gasteiger partial charge in [-0.1, -0.05) is 55.0 Å². The Balaban J connectivity index is 1.84. The van der Waals surface area contributed by atoms with Crippen molar-refractivity contribution in [3.05, 3.63) is 33.9 Å². The van der Waals surface area contributed by atoms with Crippen LogP contribution in [0.4, 0.5) is 10.5 Å². The van der Waals surface area contributed by atoms with Crippen LogP contribution in [0.3, 0.4) is 0 Å². The highest BCUT2D eigenvalue weighted by atomic mass is 35.5. The molecule has 1 aromatic heterocycles. The number of nitrogens with two attached hydrogens (primary N) is 1. The molecule has 0 saturated carbocycles. The molecule has 12 heteroatoms. The number of aromatic nitrogens is 2. The first kappa shape index (κ1) is 26.3. The Labute approximate surface area is 210 Å². The van der Waals surface area contributed by atoms with Gasteiger partial charge in [0, 0.05) is 39.4 Å². The van der Waals surface area contributed by atoms with Crippen LogP contribution in [0, 0.1) is 0 Å². The van der Waals surface area contributed by atoms with Crippen molar-refractivity contribution in [1.82, 2.24) is 20.0 Å². The normalized spacial score (nSPS) is 14.9. The third kappa shape index (κ3) is 6.44. The van der Waals surface area contributed by atoms with Crippen molar-refractivity contribution < 1.29 is 19.4 Å². The lowest BCUT2D eigenvalue weighted by Crippen LogP contribution is -2.46. The molecule has 2 heterocycles. The predicted octanol–water partition coefficient (Wildman–Crippen LogP) is 4.62. The second-order valence-corrected chi connectivity index (χ2v) is 16.0. The minimum Gasteiger partial charge on any atom is -0.465 e. The number of carboxylic acid groups (broad SMARTS) is 1. The summed E-state index contributed by atoms with van der Waals surface area (Å²) in [5.74, 6) is -0.392. The number of nitrogen functional groups attached to an aromatic ring is 1. The average molecular weight is 529 g/mol. The molecule has 1 fully saturated rings. The Bertz CT molecular complexity index is 1050. The number of anilines is 1. The Hall–Kier alpha value is -2.27. The number of nitrogens with one attached hydrogen (secondary N) is 1. The topological polar surface area (TPSA) is 123 Å². The number of carbonyl (C=O) groups is 2. The number of halogens is 2. The Morgan fingerprint density at radius 1 is 1.26 bits per heavy atom. The summed E-state index contributed by atoms with van der Waals surface area (Å²) in [5, 5.41) is 17.3.